The molecular weight excluding hydrogens is 470 g/mol. The molecule has 0 bridgehead atoms. The Morgan fingerprint density at radius 3 is 2.40 bits per heavy atom. The Hall–Kier alpha value is -4.25. The van der Waals surface area contributed by atoms with E-state index >= 15 is 0 Å². The van der Waals surface area contributed by atoms with Crippen LogP contribution in [-0.4, -0.2) is 46.2 Å². The van der Waals surface area contributed by atoms with Gasteiger partial charge in [-0.05, 0) is 41.8 Å². The molecule has 10 nitrogen and oxygen atoms in total. The van der Waals surface area contributed by atoms with Gasteiger partial charge in [0.25, 0.3) is 11.1 Å². The molecule has 1 aromatic carbocycles. The molecule has 0 aliphatic heterocycles. The minimum absolute atomic E-state index is 0.164. The maximum Gasteiger partial charge on any atom is 0.267 e. The Morgan fingerprint density at radius 1 is 0.943 bits per heavy atom. The number of nitrogens with zero attached hydrogens (tertiary/aromatic N) is 4. The van der Waals surface area contributed by atoms with Gasteiger partial charge in [0, 0.05) is 24.2 Å². The zero-order valence-corrected chi connectivity index (χ0v) is 19.9. The molecule has 0 aliphatic carbocycles. The highest BCUT2D eigenvalue weighted by Gasteiger charge is 2.13. The molecule has 11 heteroatoms. The van der Waals surface area contributed by atoms with Crippen LogP contribution in [0.5, 0.6) is 11.5 Å². The first kappa shape index (κ1) is 23.9. The fourth-order valence-corrected chi connectivity index (χ4v) is 4.07. The topological polar surface area (TPSA) is 117 Å². The fourth-order valence-electron chi connectivity index (χ4n) is 3.38. The smallest absolute Gasteiger partial charge is 0.267 e. The highest BCUT2D eigenvalue weighted by Crippen LogP contribution is 2.31. The molecule has 180 valence electrons. The van der Waals surface area contributed by atoms with Gasteiger partial charge in [-0.2, -0.15) is 10.2 Å². The molecule has 0 radical (unpaired) electrons. The van der Waals surface area contributed by atoms with E-state index in [1.807, 2.05) is 17.5 Å². The van der Waals surface area contributed by atoms with Gasteiger partial charge < -0.3 is 14.8 Å². The van der Waals surface area contributed by atoms with E-state index in [2.05, 4.69) is 15.5 Å². The lowest BCUT2D eigenvalue weighted by atomic mass is 10.1. The normalized spacial score (nSPS) is 10.7. The number of thiophene rings is 1. The average molecular weight is 494 g/mol. The highest BCUT2D eigenvalue weighted by molar-refractivity contribution is 7.13. The third-order valence-corrected chi connectivity index (χ3v) is 6.02. The van der Waals surface area contributed by atoms with Crippen molar-refractivity contribution in [2.45, 2.75) is 13.1 Å². The van der Waals surface area contributed by atoms with Crippen molar-refractivity contribution >= 4 is 17.2 Å². The summed E-state index contributed by atoms with van der Waals surface area (Å²) in [6.45, 7) is 0.0709. The van der Waals surface area contributed by atoms with E-state index in [0.717, 1.165) is 9.56 Å². The van der Waals surface area contributed by atoms with Gasteiger partial charge >= 0.3 is 0 Å². The number of benzene rings is 1. The monoisotopic (exact) mass is 493 g/mol. The molecule has 0 saturated heterocycles. The summed E-state index contributed by atoms with van der Waals surface area (Å²) in [6.07, 6.45) is 0. The minimum Gasteiger partial charge on any atom is -0.497 e. The Kier molecular flexibility index (Phi) is 7.36. The lowest BCUT2D eigenvalue weighted by Crippen LogP contribution is -2.36. The highest BCUT2D eigenvalue weighted by atomic mass is 32.1. The second-order valence-corrected chi connectivity index (χ2v) is 8.34. The van der Waals surface area contributed by atoms with Crippen LogP contribution in [0.3, 0.4) is 0 Å². The zero-order chi connectivity index (χ0) is 24.8. The van der Waals surface area contributed by atoms with Gasteiger partial charge in [-0.15, -0.1) is 11.3 Å². The molecule has 0 unspecified atom stereocenters. The average Bonchev–Trinajstić information content (AvgIpc) is 3.41. The predicted octanol–water partition coefficient (Wildman–Crippen LogP) is 2.03. The van der Waals surface area contributed by atoms with Crippen LogP contribution in [-0.2, 0) is 17.9 Å². The van der Waals surface area contributed by atoms with Crippen LogP contribution in [0.2, 0.25) is 0 Å². The molecule has 0 saturated carbocycles. The molecule has 1 N–H and O–H groups in total. The van der Waals surface area contributed by atoms with Crippen molar-refractivity contribution < 1.29 is 14.3 Å². The molecule has 0 spiro atoms. The first-order valence-electron chi connectivity index (χ1n) is 10.7. The van der Waals surface area contributed by atoms with E-state index < -0.39 is 11.5 Å². The lowest BCUT2D eigenvalue weighted by Gasteiger charge is -2.12. The maximum atomic E-state index is 12.5. The summed E-state index contributed by atoms with van der Waals surface area (Å²) in [5.74, 6) is 0.734. The summed E-state index contributed by atoms with van der Waals surface area (Å²) in [6, 6.07) is 15.1. The van der Waals surface area contributed by atoms with Crippen LogP contribution in [0, 0.1) is 0 Å². The van der Waals surface area contributed by atoms with Crippen LogP contribution in [0.15, 0.2) is 69.6 Å². The lowest BCUT2D eigenvalue weighted by molar-refractivity contribution is -0.121. The molecule has 1 amide bonds. The maximum absolute atomic E-state index is 12.5. The van der Waals surface area contributed by atoms with Crippen molar-refractivity contribution in [3.63, 3.8) is 0 Å². The molecular formula is C24H23N5O5S. The van der Waals surface area contributed by atoms with Crippen LogP contribution >= 0.6 is 11.3 Å². The van der Waals surface area contributed by atoms with E-state index in [1.165, 1.54) is 35.3 Å². The van der Waals surface area contributed by atoms with Gasteiger partial charge in [0.15, 0.2) is 0 Å². The SMILES string of the molecule is COc1ccc(OC)c(-c2ccc(=O)n(CC(=O)NCCn3nc(-c4cccs4)ccc3=O)n2)c1. The summed E-state index contributed by atoms with van der Waals surface area (Å²) < 4.78 is 13.0. The predicted molar refractivity (Wildman–Crippen MR) is 132 cm³/mol. The van der Waals surface area contributed by atoms with Crippen LogP contribution in [0.4, 0.5) is 0 Å². The number of aromatic nitrogens is 4. The Bertz CT molecular complexity index is 1450. The van der Waals surface area contributed by atoms with Crippen LogP contribution < -0.4 is 25.9 Å². The molecule has 0 aliphatic rings. The third kappa shape index (κ3) is 5.64. The first-order chi connectivity index (χ1) is 17.0. The van der Waals surface area contributed by atoms with E-state index in [4.69, 9.17) is 9.47 Å². The minimum atomic E-state index is -0.424. The van der Waals surface area contributed by atoms with Gasteiger partial charge in [0.05, 0.1) is 31.3 Å². The quantitative estimate of drug-likeness (QED) is 0.379. The molecule has 35 heavy (non-hydrogen) atoms. The van der Waals surface area contributed by atoms with Gasteiger partial charge in [-0.3, -0.25) is 14.4 Å². The van der Waals surface area contributed by atoms with E-state index in [1.54, 1.807) is 37.4 Å². The number of nitrogens with one attached hydrogen (secondary N) is 1. The summed E-state index contributed by atoms with van der Waals surface area (Å²) in [5, 5.41) is 13.3. The third-order valence-electron chi connectivity index (χ3n) is 5.13. The van der Waals surface area contributed by atoms with E-state index in [-0.39, 0.29) is 25.2 Å². The number of hydrogen-bond acceptors (Lipinski definition) is 8. The van der Waals surface area contributed by atoms with E-state index in [9.17, 15) is 14.4 Å². The Morgan fingerprint density at radius 2 is 1.69 bits per heavy atom. The first-order valence-corrected chi connectivity index (χ1v) is 11.6. The molecule has 0 fully saturated rings. The van der Waals surface area contributed by atoms with Crippen molar-refractivity contribution in [3.8, 4) is 33.3 Å². The number of ether oxygens (including phenoxy) is 2. The molecule has 4 aromatic rings. The molecule has 3 aromatic heterocycles. The summed E-state index contributed by atoms with van der Waals surface area (Å²) in [4.78, 5) is 37.9. The molecule has 0 atom stereocenters. The number of carbonyl (C=O) groups is 1. The standard InChI is InChI=1S/C24H23N5O5S/c1-33-16-5-8-20(34-2)17(14-16)18-6-9-24(32)29(26-18)15-22(30)25-11-12-28-23(31)10-7-19(27-28)21-4-3-13-35-21/h3-10,13-14H,11-12,15H2,1-2H3,(H,25,30). The number of methoxy groups -OCH3 is 2. The number of hydrogen-bond donors (Lipinski definition) is 1. The van der Waals surface area contributed by atoms with Crippen molar-refractivity contribution in [3.05, 3.63) is 80.7 Å². The number of carbonyl (C=O) groups excluding carboxylic acids is 1. The Balaban J connectivity index is 1.44. The zero-order valence-electron chi connectivity index (χ0n) is 19.1. The second-order valence-electron chi connectivity index (χ2n) is 7.39. The van der Waals surface area contributed by atoms with Crippen molar-refractivity contribution in [2.75, 3.05) is 20.8 Å². The largest absolute Gasteiger partial charge is 0.497 e. The van der Waals surface area contributed by atoms with Crippen molar-refractivity contribution in [1.29, 1.82) is 0 Å². The van der Waals surface area contributed by atoms with Gasteiger partial charge in [0.2, 0.25) is 5.91 Å². The van der Waals surface area contributed by atoms with Crippen molar-refractivity contribution in [2.24, 2.45) is 0 Å². The van der Waals surface area contributed by atoms with E-state index in [0.29, 0.717) is 28.5 Å². The van der Waals surface area contributed by atoms with Gasteiger partial charge in [0.1, 0.15) is 23.7 Å². The molecule has 3 heterocycles. The summed E-state index contributed by atoms with van der Waals surface area (Å²) >= 11 is 1.52. The van der Waals surface area contributed by atoms with Crippen LogP contribution in [0.1, 0.15) is 0 Å². The molecule has 4 rings (SSSR count). The second kappa shape index (κ2) is 10.8. The summed E-state index contributed by atoms with van der Waals surface area (Å²) in [5.41, 5.74) is 1.07. The number of amides is 1. The van der Waals surface area contributed by atoms with Crippen molar-refractivity contribution in [1.82, 2.24) is 24.9 Å². The number of rotatable bonds is 9. The Labute approximate surface area is 204 Å². The van der Waals surface area contributed by atoms with Gasteiger partial charge in [-0.25, -0.2) is 9.36 Å². The van der Waals surface area contributed by atoms with Crippen LogP contribution in [0.25, 0.3) is 21.8 Å². The fraction of sp³-hybridized carbons (Fsp3) is 0.208. The summed E-state index contributed by atoms with van der Waals surface area (Å²) in [7, 11) is 3.08. The van der Waals surface area contributed by atoms with Gasteiger partial charge in [-0.1, -0.05) is 6.07 Å².